The van der Waals surface area contributed by atoms with Gasteiger partial charge in [-0.15, -0.1) is 0 Å². The Morgan fingerprint density at radius 3 is 2.88 bits per heavy atom. The summed E-state index contributed by atoms with van der Waals surface area (Å²) in [7, 11) is 2.04. The summed E-state index contributed by atoms with van der Waals surface area (Å²) in [4.78, 5) is 23.7. The maximum atomic E-state index is 12.9. The number of hydrogen-bond donors (Lipinski definition) is 0. The van der Waals surface area contributed by atoms with Crippen LogP contribution in [0.2, 0.25) is 0 Å². The number of likely N-dealkylation sites (tertiary alicyclic amines) is 1. The lowest BCUT2D eigenvalue weighted by molar-refractivity contribution is -0.129. The number of carbonyl (C=O) groups is 1. The first-order chi connectivity index (χ1) is 12.7. The van der Waals surface area contributed by atoms with E-state index in [-0.39, 0.29) is 11.9 Å². The number of amides is 1. The van der Waals surface area contributed by atoms with Gasteiger partial charge >= 0.3 is 0 Å². The van der Waals surface area contributed by atoms with Crippen LogP contribution >= 0.6 is 0 Å². The maximum Gasteiger partial charge on any atom is 0.247 e. The molecule has 0 radical (unpaired) electrons. The number of rotatable bonds is 3. The molecule has 0 aliphatic carbocycles. The molecule has 0 N–H and O–H groups in total. The van der Waals surface area contributed by atoms with Crippen LogP contribution in [0.15, 0.2) is 54.9 Å². The van der Waals surface area contributed by atoms with E-state index in [4.69, 9.17) is 4.98 Å². The van der Waals surface area contributed by atoms with Gasteiger partial charge in [-0.1, -0.05) is 18.2 Å². The van der Waals surface area contributed by atoms with Crippen LogP contribution in [0.1, 0.15) is 36.7 Å². The summed E-state index contributed by atoms with van der Waals surface area (Å²) < 4.78 is 2.12. The Labute approximate surface area is 153 Å². The molecule has 1 amide bonds. The number of piperidine rings is 1. The summed E-state index contributed by atoms with van der Waals surface area (Å²) in [5.74, 6) is 1.000. The van der Waals surface area contributed by atoms with Gasteiger partial charge in [-0.25, -0.2) is 4.98 Å². The van der Waals surface area contributed by atoms with E-state index < -0.39 is 0 Å². The van der Waals surface area contributed by atoms with Gasteiger partial charge in [0.2, 0.25) is 5.91 Å². The molecule has 1 aromatic carbocycles. The van der Waals surface area contributed by atoms with Crippen molar-refractivity contribution in [3.8, 4) is 0 Å². The number of para-hydroxylation sites is 2. The molecular weight excluding hydrogens is 324 g/mol. The predicted molar refractivity (Wildman–Crippen MR) is 102 cm³/mol. The van der Waals surface area contributed by atoms with Gasteiger partial charge in [-0.05, 0) is 49.1 Å². The third-order valence-corrected chi connectivity index (χ3v) is 5.01. The number of nitrogens with zero attached hydrogens (tertiary/aromatic N) is 4. The summed E-state index contributed by atoms with van der Waals surface area (Å²) in [5.41, 5.74) is 3.01. The maximum absolute atomic E-state index is 12.9. The van der Waals surface area contributed by atoms with Crippen molar-refractivity contribution in [1.82, 2.24) is 19.4 Å². The van der Waals surface area contributed by atoms with Gasteiger partial charge in [-0.3, -0.25) is 9.78 Å². The van der Waals surface area contributed by atoms with Gasteiger partial charge in [0.05, 0.1) is 17.1 Å². The first kappa shape index (κ1) is 16.5. The van der Waals surface area contributed by atoms with Crippen molar-refractivity contribution in [3.63, 3.8) is 0 Å². The van der Waals surface area contributed by atoms with Crippen LogP contribution in [0.3, 0.4) is 0 Å². The van der Waals surface area contributed by atoms with Crippen molar-refractivity contribution in [2.75, 3.05) is 6.54 Å². The Hall–Kier alpha value is -2.95. The Balaban J connectivity index is 1.62. The zero-order chi connectivity index (χ0) is 17.9. The minimum absolute atomic E-state index is 0.0206. The first-order valence-electron chi connectivity index (χ1n) is 9.04. The molecule has 0 bridgehead atoms. The lowest BCUT2D eigenvalue weighted by Gasteiger charge is -2.34. The van der Waals surface area contributed by atoms with Gasteiger partial charge in [0, 0.05) is 32.1 Å². The lowest BCUT2D eigenvalue weighted by Crippen LogP contribution is -2.38. The molecule has 1 unspecified atom stereocenters. The number of benzene rings is 1. The monoisotopic (exact) mass is 346 g/mol. The van der Waals surface area contributed by atoms with Crippen molar-refractivity contribution >= 4 is 23.0 Å². The SMILES string of the molecule is Cn1c(C2CCCCN2C(=O)C=Cc2cccnc2)nc2ccccc21. The molecule has 0 spiro atoms. The van der Waals surface area contributed by atoms with Crippen LogP contribution in [0.4, 0.5) is 0 Å². The second-order valence-electron chi connectivity index (χ2n) is 6.68. The van der Waals surface area contributed by atoms with Crippen molar-refractivity contribution in [1.29, 1.82) is 0 Å². The highest BCUT2D eigenvalue weighted by molar-refractivity contribution is 5.92. The number of aryl methyl sites for hydroxylation is 1. The Morgan fingerprint density at radius 1 is 1.19 bits per heavy atom. The van der Waals surface area contributed by atoms with E-state index in [1.807, 2.05) is 48.4 Å². The standard InChI is InChI=1S/C21H22N4O/c1-24-18-9-3-2-8-17(18)23-21(24)19-10-4-5-14-25(19)20(26)12-11-16-7-6-13-22-15-16/h2-3,6-9,11-13,15,19H,4-5,10,14H2,1H3. The van der Waals surface area contributed by atoms with Gasteiger partial charge < -0.3 is 9.47 Å². The third kappa shape index (κ3) is 3.12. The second kappa shape index (κ2) is 7.12. The molecule has 5 heteroatoms. The van der Waals surface area contributed by atoms with E-state index in [2.05, 4.69) is 15.6 Å². The van der Waals surface area contributed by atoms with Gasteiger partial charge in [0.25, 0.3) is 0 Å². The smallest absolute Gasteiger partial charge is 0.247 e. The van der Waals surface area contributed by atoms with E-state index >= 15 is 0 Å². The van der Waals surface area contributed by atoms with Crippen LogP contribution in [0.5, 0.6) is 0 Å². The molecule has 1 saturated heterocycles. The highest BCUT2D eigenvalue weighted by Gasteiger charge is 2.30. The molecule has 132 valence electrons. The first-order valence-corrected chi connectivity index (χ1v) is 9.04. The van der Waals surface area contributed by atoms with Gasteiger partial charge in [-0.2, -0.15) is 0 Å². The summed E-state index contributed by atoms with van der Waals surface area (Å²) in [5, 5.41) is 0. The highest BCUT2D eigenvalue weighted by atomic mass is 16.2. The van der Waals surface area contributed by atoms with Crippen molar-refractivity contribution in [2.45, 2.75) is 25.3 Å². The molecule has 1 aliphatic heterocycles. The lowest BCUT2D eigenvalue weighted by atomic mass is 10.0. The fourth-order valence-electron chi connectivity index (χ4n) is 3.66. The number of pyridine rings is 1. The molecule has 3 heterocycles. The average molecular weight is 346 g/mol. The largest absolute Gasteiger partial charge is 0.329 e. The second-order valence-corrected chi connectivity index (χ2v) is 6.68. The number of fused-ring (bicyclic) bond motifs is 1. The van der Waals surface area contributed by atoms with Crippen LogP contribution in [-0.4, -0.2) is 31.9 Å². The minimum Gasteiger partial charge on any atom is -0.329 e. The average Bonchev–Trinajstić information content (AvgIpc) is 3.04. The van der Waals surface area contributed by atoms with E-state index in [9.17, 15) is 4.79 Å². The van der Waals surface area contributed by atoms with E-state index in [0.29, 0.717) is 0 Å². The summed E-state index contributed by atoms with van der Waals surface area (Å²) in [6.07, 6.45) is 10.1. The fraction of sp³-hybridized carbons (Fsp3) is 0.286. The summed E-state index contributed by atoms with van der Waals surface area (Å²) in [6.45, 7) is 0.768. The summed E-state index contributed by atoms with van der Waals surface area (Å²) in [6, 6.07) is 11.9. The topological polar surface area (TPSA) is 51.0 Å². The molecule has 3 aromatic rings. The number of hydrogen-bond acceptors (Lipinski definition) is 3. The molecule has 1 fully saturated rings. The molecule has 1 atom stereocenters. The zero-order valence-electron chi connectivity index (χ0n) is 14.9. The van der Waals surface area contributed by atoms with Crippen LogP contribution in [0.25, 0.3) is 17.1 Å². The number of aromatic nitrogens is 3. The van der Waals surface area contributed by atoms with Crippen LogP contribution < -0.4 is 0 Å². The number of imidazole rings is 1. The van der Waals surface area contributed by atoms with Crippen molar-refractivity contribution in [3.05, 3.63) is 66.3 Å². The highest BCUT2D eigenvalue weighted by Crippen LogP contribution is 2.32. The molecular formula is C21H22N4O. The van der Waals surface area contributed by atoms with Crippen LogP contribution in [0, 0.1) is 0 Å². The molecule has 26 heavy (non-hydrogen) atoms. The quantitative estimate of drug-likeness (QED) is 0.679. The van der Waals surface area contributed by atoms with Crippen molar-refractivity contribution in [2.24, 2.45) is 7.05 Å². The predicted octanol–water partition coefficient (Wildman–Crippen LogP) is 3.74. The fourth-order valence-corrected chi connectivity index (χ4v) is 3.66. The molecule has 4 rings (SSSR count). The zero-order valence-corrected chi connectivity index (χ0v) is 14.9. The van der Waals surface area contributed by atoms with E-state index in [1.165, 1.54) is 0 Å². The van der Waals surface area contributed by atoms with Gasteiger partial charge in [0.15, 0.2) is 0 Å². The van der Waals surface area contributed by atoms with Crippen LogP contribution in [-0.2, 0) is 11.8 Å². The normalized spacial score (nSPS) is 17.9. The summed E-state index contributed by atoms with van der Waals surface area (Å²) >= 11 is 0. The molecule has 5 nitrogen and oxygen atoms in total. The molecule has 0 saturated carbocycles. The van der Waals surface area contributed by atoms with Crippen molar-refractivity contribution < 1.29 is 4.79 Å². The Bertz CT molecular complexity index is 945. The minimum atomic E-state index is 0.0206. The molecule has 2 aromatic heterocycles. The molecule has 1 aliphatic rings. The third-order valence-electron chi connectivity index (χ3n) is 5.01. The van der Waals surface area contributed by atoms with Gasteiger partial charge in [0.1, 0.15) is 5.82 Å². The van der Waals surface area contributed by atoms with E-state index in [0.717, 1.165) is 48.2 Å². The Morgan fingerprint density at radius 2 is 2.08 bits per heavy atom. The Kier molecular flexibility index (Phi) is 4.52. The van der Waals surface area contributed by atoms with E-state index in [1.54, 1.807) is 18.5 Å². The number of carbonyl (C=O) groups excluding carboxylic acids is 1.